The fourth-order valence-corrected chi connectivity index (χ4v) is 2.00. The Bertz CT molecular complexity index is 407. The molecule has 1 rings (SSSR count). The van der Waals surface area contributed by atoms with Crippen LogP contribution >= 0.6 is 0 Å². The lowest BCUT2D eigenvalue weighted by Gasteiger charge is -2.03. The Morgan fingerprint density at radius 1 is 1.10 bits per heavy atom. The standard InChI is InChI=1S/C17H24O3/c1-20-16-13-11-15(12-14-16)9-7-5-3-2-4-6-8-10-17(18)19/h4,6,11-14H,2-3,5,7-10H2,1H3,(H,18,19)/b6-4+. The molecule has 0 radical (unpaired) electrons. The fraction of sp³-hybridized carbons (Fsp3) is 0.471. The molecule has 0 aromatic heterocycles. The molecule has 1 aromatic carbocycles. The number of unbranched alkanes of at least 4 members (excludes halogenated alkanes) is 3. The molecule has 0 spiro atoms. The van der Waals surface area contributed by atoms with Crippen molar-refractivity contribution in [3.63, 3.8) is 0 Å². The van der Waals surface area contributed by atoms with Crippen LogP contribution in [-0.4, -0.2) is 18.2 Å². The van der Waals surface area contributed by atoms with Gasteiger partial charge in [0.25, 0.3) is 0 Å². The largest absolute Gasteiger partial charge is 0.497 e. The van der Waals surface area contributed by atoms with E-state index in [1.165, 1.54) is 24.8 Å². The number of hydrogen-bond acceptors (Lipinski definition) is 2. The molecular formula is C17H24O3. The number of carbonyl (C=O) groups is 1. The summed E-state index contributed by atoms with van der Waals surface area (Å²) in [4.78, 5) is 10.3. The molecule has 0 heterocycles. The first-order chi connectivity index (χ1) is 9.72. The molecule has 110 valence electrons. The van der Waals surface area contributed by atoms with Crippen molar-refractivity contribution in [1.82, 2.24) is 0 Å². The normalized spacial score (nSPS) is 10.8. The quantitative estimate of drug-likeness (QED) is 0.514. The summed E-state index contributed by atoms with van der Waals surface area (Å²) < 4.78 is 5.13. The van der Waals surface area contributed by atoms with Crippen LogP contribution in [0.4, 0.5) is 0 Å². The SMILES string of the molecule is COc1ccc(CCCCC/C=C/CCC(=O)O)cc1. The van der Waals surface area contributed by atoms with E-state index < -0.39 is 5.97 Å². The van der Waals surface area contributed by atoms with E-state index >= 15 is 0 Å². The molecule has 20 heavy (non-hydrogen) atoms. The van der Waals surface area contributed by atoms with E-state index in [0.717, 1.165) is 18.6 Å². The van der Waals surface area contributed by atoms with E-state index in [1.54, 1.807) is 7.11 Å². The molecule has 1 aromatic rings. The highest BCUT2D eigenvalue weighted by Gasteiger charge is 1.95. The smallest absolute Gasteiger partial charge is 0.303 e. The van der Waals surface area contributed by atoms with Gasteiger partial charge in [-0.3, -0.25) is 4.79 Å². The molecule has 1 N–H and O–H groups in total. The summed E-state index contributed by atoms with van der Waals surface area (Å²) in [6.07, 6.45) is 10.6. The van der Waals surface area contributed by atoms with Crippen molar-refractivity contribution < 1.29 is 14.6 Å². The predicted molar refractivity (Wildman–Crippen MR) is 81.2 cm³/mol. The lowest BCUT2D eigenvalue weighted by molar-refractivity contribution is -0.136. The van der Waals surface area contributed by atoms with Crippen molar-refractivity contribution in [2.75, 3.05) is 7.11 Å². The van der Waals surface area contributed by atoms with Crippen molar-refractivity contribution in [2.24, 2.45) is 0 Å². The minimum atomic E-state index is -0.728. The maximum absolute atomic E-state index is 10.3. The number of hydrogen-bond donors (Lipinski definition) is 1. The monoisotopic (exact) mass is 276 g/mol. The highest BCUT2D eigenvalue weighted by Crippen LogP contribution is 2.14. The van der Waals surface area contributed by atoms with Crippen LogP contribution in [0.15, 0.2) is 36.4 Å². The molecule has 0 unspecified atom stereocenters. The molecule has 0 fully saturated rings. The van der Waals surface area contributed by atoms with E-state index in [9.17, 15) is 4.79 Å². The Labute approximate surface area is 121 Å². The van der Waals surface area contributed by atoms with Crippen molar-refractivity contribution in [2.45, 2.75) is 44.9 Å². The van der Waals surface area contributed by atoms with Gasteiger partial charge >= 0.3 is 5.97 Å². The van der Waals surface area contributed by atoms with Gasteiger partial charge in [-0.1, -0.05) is 30.7 Å². The van der Waals surface area contributed by atoms with Crippen LogP contribution in [0.25, 0.3) is 0 Å². The maximum Gasteiger partial charge on any atom is 0.303 e. The molecule has 0 amide bonds. The van der Waals surface area contributed by atoms with E-state index in [-0.39, 0.29) is 6.42 Å². The first kappa shape index (κ1) is 16.3. The van der Waals surface area contributed by atoms with Crippen LogP contribution < -0.4 is 4.74 Å². The van der Waals surface area contributed by atoms with Gasteiger partial charge in [-0.05, 0) is 49.8 Å². The number of carboxylic acids is 1. The van der Waals surface area contributed by atoms with E-state index in [2.05, 4.69) is 18.2 Å². The Kier molecular flexibility index (Phi) is 8.20. The van der Waals surface area contributed by atoms with E-state index in [4.69, 9.17) is 9.84 Å². The maximum atomic E-state index is 10.3. The Balaban J connectivity index is 2.02. The summed E-state index contributed by atoms with van der Waals surface area (Å²) in [6, 6.07) is 8.23. The fourth-order valence-electron chi connectivity index (χ4n) is 2.00. The van der Waals surface area contributed by atoms with E-state index in [1.807, 2.05) is 18.2 Å². The minimum Gasteiger partial charge on any atom is -0.497 e. The molecule has 3 heteroatoms. The Morgan fingerprint density at radius 2 is 1.80 bits per heavy atom. The third kappa shape index (κ3) is 7.62. The molecule has 0 saturated carbocycles. The average Bonchev–Trinajstić information content (AvgIpc) is 2.46. The van der Waals surface area contributed by atoms with Crippen LogP contribution in [-0.2, 0) is 11.2 Å². The third-order valence-electron chi connectivity index (χ3n) is 3.19. The summed E-state index contributed by atoms with van der Waals surface area (Å²) in [5.74, 6) is 0.175. The van der Waals surface area contributed by atoms with Crippen LogP contribution in [0.5, 0.6) is 5.75 Å². The molecule has 0 aliphatic heterocycles. The second-order valence-corrected chi connectivity index (χ2v) is 4.85. The van der Waals surface area contributed by atoms with Crippen LogP contribution in [0.2, 0.25) is 0 Å². The second kappa shape index (κ2) is 10.1. The molecule has 0 saturated heterocycles. The highest BCUT2D eigenvalue weighted by molar-refractivity contribution is 5.66. The lowest BCUT2D eigenvalue weighted by atomic mass is 10.1. The number of allylic oxidation sites excluding steroid dienone is 2. The van der Waals surface area contributed by atoms with Gasteiger partial charge < -0.3 is 9.84 Å². The number of methoxy groups -OCH3 is 1. The van der Waals surface area contributed by atoms with Gasteiger partial charge in [0.2, 0.25) is 0 Å². The number of carboxylic acid groups (broad SMARTS) is 1. The predicted octanol–water partition coefficient (Wildman–Crippen LogP) is 4.22. The zero-order chi connectivity index (χ0) is 14.6. The van der Waals surface area contributed by atoms with Crippen molar-refractivity contribution in [3.05, 3.63) is 42.0 Å². The molecular weight excluding hydrogens is 252 g/mol. The summed E-state index contributed by atoms with van der Waals surface area (Å²) >= 11 is 0. The Morgan fingerprint density at radius 3 is 2.45 bits per heavy atom. The summed E-state index contributed by atoms with van der Waals surface area (Å²) in [5, 5.41) is 8.49. The van der Waals surface area contributed by atoms with Gasteiger partial charge in [-0.2, -0.15) is 0 Å². The molecule has 0 aliphatic rings. The molecule has 0 atom stereocenters. The number of ether oxygens (including phenoxy) is 1. The summed E-state index contributed by atoms with van der Waals surface area (Å²) in [7, 11) is 1.68. The van der Waals surface area contributed by atoms with Crippen molar-refractivity contribution in [1.29, 1.82) is 0 Å². The number of aryl methyl sites for hydroxylation is 1. The van der Waals surface area contributed by atoms with Gasteiger partial charge in [0.15, 0.2) is 0 Å². The molecule has 0 bridgehead atoms. The number of aliphatic carboxylic acids is 1. The van der Waals surface area contributed by atoms with Gasteiger partial charge in [-0.25, -0.2) is 0 Å². The van der Waals surface area contributed by atoms with Crippen LogP contribution in [0.3, 0.4) is 0 Å². The van der Waals surface area contributed by atoms with Crippen LogP contribution in [0, 0.1) is 0 Å². The van der Waals surface area contributed by atoms with Crippen LogP contribution in [0.1, 0.15) is 44.1 Å². The zero-order valence-corrected chi connectivity index (χ0v) is 12.2. The van der Waals surface area contributed by atoms with Gasteiger partial charge in [0.1, 0.15) is 5.75 Å². The Hall–Kier alpha value is -1.77. The first-order valence-electron chi connectivity index (χ1n) is 7.22. The third-order valence-corrected chi connectivity index (χ3v) is 3.19. The zero-order valence-electron chi connectivity index (χ0n) is 12.2. The summed E-state index contributed by atoms with van der Waals surface area (Å²) in [6.45, 7) is 0. The summed E-state index contributed by atoms with van der Waals surface area (Å²) in [5.41, 5.74) is 1.35. The van der Waals surface area contributed by atoms with Crippen molar-refractivity contribution in [3.8, 4) is 5.75 Å². The topological polar surface area (TPSA) is 46.5 Å². The number of benzene rings is 1. The first-order valence-corrected chi connectivity index (χ1v) is 7.22. The minimum absolute atomic E-state index is 0.230. The number of rotatable bonds is 10. The second-order valence-electron chi connectivity index (χ2n) is 4.85. The molecule has 3 nitrogen and oxygen atoms in total. The average molecular weight is 276 g/mol. The van der Waals surface area contributed by atoms with Gasteiger partial charge in [0, 0.05) is 6.42 Å². The van der Waals surface area contributed by atoms with Gasteiger partial charge in [0.05, 0.1) is 7.11 Å². The highest BCUT2D eigenvalue weighted by atomic mass is 16.5. The lowest BCUT2D eigenvalue weighted by Crippen LogP contribution is -1.91. The van der Waals surface area contributed by atoms with Crippen molar-refractivity contribution >= 4 is 5.97 Å². The van der Waals surface area contributed by atoms with Gasteiger partial charge in [-0.15, -0.1) is 0 Å². The molecule has 0 aliphatic carbocycles. The van der Waals surface area contributed by atoms with E-state index in [0.29, 0.717) is 6.42 Å².